The first kappa shape index (κ1) is 12.8. The quantitative estimate of drug-likeness (QED) is 0.649. The van der Waals surface area contributed by atoms with Gasteiger partial charge in [0.2, 0.25) is 0 Å². The van der Waals surface area contributed by atoms with Crippen molar-refractivity contribution in [1.29, 1.82) is 0 Å². The maximum atomic E-state index is 5.71. The molecule has 0 aliphatic heterocycles. The molecule has 0 saturated carbocycles. The summed E-state index contributed by atoms with van der Waals surface area (Å²) in [6, 6.07) is 7.84. The van der Waals surface area contributed by atoms with Crippen LogP contribution in [0.3, 0.4) is 0 Å². The maximum Gasteiger partial charge on any atom is 0.199 e. The van der Waals surface area contributed by atoms with E-state index in [1.807, 2.05) is 30.3 Å². The van der Waals surface area contributed by atoms with Gasteiger partial charge >= 0.3 is 0 Å². The van der Waals surface area contributed by atoms with Crippen LogP contribution in [-0.4, -0.2) is 13.4 Å². The van der Waals surface area contributed by atoms with E-state index in [4.69, 9.17) is 9.47 Å². The fourth-order valence-electron chi connectivity index (χ4n) is 1.43. The molecule has 16 heavy (non-hydrogen) atoms. The van der Waals surface area contributed by atoms with Gasteiger partial charge in [0.15, 0.2) is 6.29 Å². The standard InChI is InChI=1S/C14H20O2/c1-4-6-7-14(15-3)16-13-10-8-12(5-2)9-11-13/h5,8-11,14H,2,4,6-7H2,1,3H3. The Labute approximate surface area is 97.9 Å². The average Bonchev–Trinajstić information content (AvgIpc) is 2.35. The lowest BCUT2D eigenvalue weighted by Gasteiger charge is -2.17. The molecule has 0 fully saturated rings. The van der Waals surface area contributed by atoms with Crippen LogP contribution >= 0.6 is 0 Å². The summed E-state index contributed by atoms with van der Waals surface area (Å²) in [5.41, 5.74) is 1.09. The topological polar surface area (TPSA) is 18.5 Å². The molecular formula is C14H20O2. The normalized spacial score (nSPS) is 12.1. The van der Waals surface area contributed by atoms with Gasteiger partial charge in [-0.3, -0.25) is 0 Å². The van der Waals surface area contributed by atoms with Crippen molar-refractivity contribution in [2.24, 2.45) is 0 Å². The van der Waals surface area contributed by atoms with Crippen molar-refractivity contribution >= 4 is 6.08 Å². The average molecular weight is 220 g/mol. The van der Waals surface area contributed by atoms with Crippen molar-refractivity contribution in [3.05, 3.63) is 36.4 Å². The van der Waals surface area contributed by atoms with E-state index >= 15 is 0 Å². The van der Waals surface area contributed by atoms with E-state index in [0.717, 1.165) is 30.6 Å². The van der Waals surface area contributed by atoms with Crippen LogP contribution in [0, 0.1) is 0 Å². The number of rotatable bonds is 7. The Morgan fingerprint density at radius 1 is 1.31 bits per heavy atom. The Morgan fingerprint density at radius 2 is 2.00 bits per heavy atom. The predicted octanol–water partition coefficient (Wildman–Crippen LogP) is 3.87. The number of ether oxygens (including phenoxy) is 2. The molecule has 1 aromatic rings. The second-order valence-electron chi connectivity index (χ2n) is 3.70. The van der Waals surface area contributed by atoms with E-state index in [-0.39, 0.29) is 6.29 Å². The van der Waals surface area contributed by atoms with Gasteiger partial charge < -0.3 is 9.47 Å². The van der Waals surface area contributed by atoms with Gasteiger partial charge in [-0.25, -0.2) is 0 Å². The first-order valence-corrected chi connectivity index (χ1v) is 5.72. The van der Waals surface area contributed by atoms with E-state index in [1.165, 1.54) is 0 Å². The zero-order chi connectivity index (χ0) is 11.8. The molecule has 0 heterocycles. The lowest BCUT2D eigenvalue weighted by molar-refractivity contribution is -0.0592. The molecule has 88 valence electrons. The lowest BCUT2D eigenvalue weighted by atomic mass is 10.2. The van der Waals surface area contributed by atoms with E-state index in [1.54, 1.807) is 7.11 Å². The second kappa shape index (κ2) is 7.07. The molecule has 1 rings (SSSR count). The van der Waals surface area contributed by atoms with Gasteiger partial charge in [-0.1, -0.05) is 38.1 Å². The zero-order valence-electron chi connectivity index (χ0n) is 10.1. The zero-order valence-corrected chi connectivity index (χ0v) is 10.1. The van der Waals surface area contributed by atoms with Gasteiger partial charge in [-0.15, -0.1) is 0 Å². The highest BCUT2D eigenvalue weighted by Gasteiger charge is 2.07. The Hall–Kier alpha value is -1.28. The molecule has 1 unspecified atom stereocenters. The molecule has 0 N–H and O–H groups in total. The highest BCUT2D eigenvalue weighted by atomic mass is 16.7. The summed E-state index contributed by atoms with van der Waals surface area (Å²) >= 11 is 0. The van der Waals surface area contributed by atoms with Gasteiger partial charge in [-0.2, -0.15) is 0 Å². The van der Waals surface area contributed by atoms with E-state index in [2.05, 4.69) is 13.5 Å². The molecule has 0 saturated heterocycles. The second-order valence-corrected chi connectivity index (χ2v) is 3.70. The third kappa shape index (κ3) is 4.07. The minimum Gasteiger partial charge on any atom is -0.465 e. The smallest absolute Gasteiger partial charge is 0.199 e. The van der Waals surface area contributed by atoms with Crippen molar-refractivity contribution in [1.82, 2.24) is 0 Å². The van der Waals surface area contributed by atoms with Gasteiger partial charge in [0, 0.05) is 13.5 Å². The number of unbranched alkanes of at least 4 members (excludes halogenated alkanes) is 1. The van der Waals surface area contributed by atoms with E-state index in [9.17, 15) is 0 Å². The summed E-state index contributed by atoms with van der Waals surface area (Å²) in [5, 5.41) is 0. The first-order chi connectivity index (χ1) is 7.80. The van der Waals surface area contributed by atoms with Crippen molar-refractivity contribution in [3.8, 4) is 5.75 Å². The highest BCUT2D eigenvalue weighted by molar-refractivity contribution is 5.48. The van der Waals surface area contributed by atoms with Crippen LogP contribution in [0.1, 0.15) is 31.7 Å². The van der Waals surface area contributed by atoms with Crippen molar-refractivity contribution in [2.75, 3.05) is 7.11 Å². The van der Waals surface area contributed by atoms with Crippen LogP contribution in [-0.2, 0) is 4.74 Å². The van der Waals surface area contributed by atoms with Crippen LogP contribution in [0.5, 0.6) is 5.75 Å². The largest absolute Gasteiger partial charge is 0.465 e. The van der Waals surface area contributed by atoms with Gasteiger partial charge in [-0.05, 0) is 24.1 Å². The van der Waals surface area contributed by atoms with Crippen LogP contribution in [0.4, 0.5) is 0 Å². The number of hydrogen-bond acceptors (Lipinski definition) is 2. The summed E-state index contributed by atoms with van der Waals surface area (Å²) in [4.78, 5) is 0. The SMILES string of the molecule is C=Cc1ccc(OC(CCCC)OC)cc1. The first-order valence-electron chi connectivity index (χ1n) is 5.72. The summed E-state index contributed by atoms with van der Waals surface area (Å²) in [6.45, 7) is 5.87. The van der Waals surface area contributed by atoms with Crippen molar-refractivity contribution in [2.45, 2.75) is 32.5 Å². The van der Waals surface area contributed by atoms with Crippen LogP contribution in [0.15, 0.2) is 30.8 Å². The predicted molar refractivity (Wildman–Crippen MR) is 67.5 cm³/mol. The Bertz CT molecular complexity index is 303. The van der Waals surface area contributed by atoms with Gasteiger partial charge in [0.25, 0.3) is 0 Å². The molecule has 0 aromatic heterocycles. The Kier molecular flexibility index (Phi) is 5.65. The molecule has 0 bridgehead atoms. The number of methoxy groups -OCH3 is 1. The molecule has 0 spiro atoms. The summed E-state index contributed by atoms with van der Waals surface area (Å²) in [6.07, 6.45) is 4.86. The molecule has 2 heteroatoms. The fraction of sp³-hybridized carbons (Fsp3) is 0.429. The molecule has 0 aliphatic rings. The maximum absolute atomic E-state index is 5.71. The van der Waals surface area contributed by atoms with E-state index < -0.39 is 0 Å². The van der Waals surface area contributed by atoms with Crippen LogP contribution in [0.2, 0.25) is 0 Å². The van der Waals surface area contributed by atoms with Crippen molar-refractivity contribution < 1.29 is 9.47 Å². The summed E-state index contributed by atoms with van der Waals surface area (Å²) in [5.74, 6) is 0.841. The third-order valence-electron chi connectivity index (χ3n) is 2.44. The van der Waals surface area contributed by atoms with Crippen LogP contribution < -0.4 is 4.74 Å². The molecule has 0 aliphatic carbocycles. The molecular weight excluding hydrogens is 200 g/mol. The molecule has 0 radical (unpaired) electrons. The van der Waals surface area contributed by atoms with E-state index in [0.29, 0.717) is 0 Å². The lowest BCUT2D eigenvalue weighted by Crippen LogP contribution is -2.18. The minimum absolute atomic E-state index is 0.144. The molecule has 1 atom stereocenters. The Morgan fingerprint density at radius 3 is 2.50 bits per heavy atom. The monoisotopic (exact) mass is 220 g/mol. The highest BCUT2D eigenvalue weighted by Crippen LogP contribution is 2.16. The van der Waals surface area contributed by atoms with Gasteiger partial charge in [0.1, 0.15) is 5.75 Å². The number of hydrogen-bond donors (Lipinski definition) is 0. The minimum atomic E-state index is -0.144. The molecule has 1 aromatic carbocycles. The van der Waals surface area contributed by atoms with Gasteiger partial charge in [0.05, 0.1) is 0 Å². The fourth-order valence-corrected chi connectivity index (χ4v) is 1.43. The van der Waals surface area contributed by atoms with Crippen LogP contribution in [0.25, 0.3) is 6.08 Å². The summed E-state index contributed by atoms with van der Waals surface area (Å²) < 4.78 is 11.0. The summed E-state index contributed by atoms with van der Waals surface area (Å²) in [7, 11) is 1.68. The molecule has 0 amide bonds. The third-order valence-corrected chi connectivity index (χ3v) is 2.44. The Balaban J connectivity index is 2.52. The number of benzene rings is 1. The van der Waals surface area contributed by atoms with Crippen molar-refractivity contribution in [3.63, 3.8) is 0 Å². The molecule has 2 nitrogen and oxygen atoms in total.